The molecular weight excluding hydrogens is 1700 g/mol. The lowest BCUT2D eigenvalue weighted by molar-refractivity contribution is -0.138. The molecule has 9 amide bonds. The second-order valence-electron chi connectivity index (χ2n) is 29.6. The van der Waals surface area contributed by atoms with Gasteiger partial charge in [-0.1, -0.05) is 24.3 Å². The zero-order chi connectivity index (χ0) is 95.7. The summed E-state index contributed by atoms with van der Waals surface area (Å²) in [5, 5.41) is 132. The Kier molecular flexibility index (Phi) is 46.9. The minimum absolute atomic E-state index is 0.00274. The lowest BCUT2D eigenvalue weighted by Gasteiger charge is -2.28. The monoisotopic (exact) mass is 1820 g/mol. The van der Waals surface area contributed by atoms with Gasteiger partial charge in [-0.25, -0.2) is 4.79 Å². The Morgan fingerprint density at radius 1 is 0.349 bits per heavy atom. The first-order chi connectivity index (χ1) is 61.2. The number of fused-ring (bicyclic) bond motifs is 2. The molecule has 2 aromatic carbocycles. The zero-order valence-corrected chi connectivity index (χ0v) is 72.1. The number of nitrogens with one attached hydrogen (secondary N) is 27. The topological polar surface area (TPSA) is 912 Å². The first kappa shape index (κ1) is 106. The normalized spacial score (nSPS) is 12.9. The fraction of sp³-hybridized carbons (Fsp3) is 0.494. The number of hydrogen-bond donors (Lipinski definition) is 38. The molecule has 0 saturated carbocycles. The Balaban J connectivity index is 1.63. The predicted octanol–water partition coefficient (Wildman–Crippen LogP) is -6.77. The van der Waals surface area contributed by atoms with Crippen molar-refractivity contribution in [1.29, 1.82) is 43.3 Å². The molecule has 0 radical (unpaired) electrons. The second kappa shape index (κ2) is 56.9. The zero-order valence-electron chi connectivity index (χ0n) is 71.3. The molecule has 0 aromatic heterocycles. The summed E-state index contributed by atoms with van der Waals surface area (Å²) in [7, 11) is 0. The summed E-state index contributed by atoms with van der Waals surface area (Å²) in [6.07, 6.45) is -0.677. The van der Waals surface area contributed by atoms with E-state index in [2.05, 4.69) is 101 Å². The summed E-state index contributed by atoms with van der Waals surface area (Å²) >= 11 is 5.57. The highest BCUT2D eigenvalue weighted by atomic mass is 32.1. The third-order valence-electron chi connectivity index (χ3n) is 19.3. The molecule has 0 saturated heterocycles. The van der Waals surface area contributed by atoms with Crippen LogP contribution >= 0.6 is 12.2 Å². The van der Waals surface area contributed by atoms with Crippen LogP contribution in [0.25, 0.3) is 33.4 Å². The van der Waals surface area contributed by atoms with Crippen LogP contribution in [0.2, 0.25) is 0 Å². The molecule has 0 fully saturated rings. The molecule has 47 N–H and O–H groups in total. The van der Waals surface area contributed by atoms with Gasteiger partial charge in [0, 0.05) is 87.2 Å². The highest BCUT2D eigenvalue weighted by Crippen LogP contribution is 2.41. The van der Waals surface area contributed by atoms with Gasteiger partial charge in [-0.15, -0.1) is 0 Å². The van der Waals surface area contributed by atoms with E-state index in [0.717, 1.165) is 0 Å². The van der Waals surface area contributed by atoms with Gasteiger partial charge in [0.05, 0.1) is 11.6 Å². The van der Waals surface area contributed by atoms with E-state index in [1.54, 1.807) is 42.5 Å². The van der Waals surface area contributed by atoms with Crippen LogP contribution < -0.4 is 158 Å². The summed E-state index contributed by atoms with van der Waals surface area (Å²) in [5.41, 5.74) is 52.6. The summed E-state index contributed by atoms with van der Waals surface area (Å²) < 4.78 is 6.02. The lowest BCUT2D eigenvalue weighted by atomic mass is 9.90. The van der Waals surface area contributed by atoms with Crippen molar-refractivity contribution in [2.45, 2.75) is 176 Å². The van der Waals surface area contributed by atoms with Crippen molar-refractivity contribution >= 4 is 147 Å². The van der Waals surface area contributed by atoms with E-state index in [1.165, 1.54) is 18.2 Å². The molecule has 0 spiro atoms. The number of guanidine groups is 8. The summed E-state index contributed by atoms with van der Waals surface area (Å²) in [6, 6.07) is 2.41. The number of carboxylic acids is 2. The number of amides is 9. The molecule has 1 heterocycles. The number of rotatable bonds is 59. The van der Waals surface area contributed by atoms with Crippen LogP contribution in [0.15, 0.2) is 69.9 Å². The number of thiocarbonyl (C=S) groups is 1. The second-order valence-corrected chi connectivity index (χ2v) is 30.1. The van der Waals surface area contributed by atoms with Crippen molar-refractivity contribution in [2.24, 2.45) is 51.6 Å². The number of carbonyl (C=O) groups is 11. The van der Waals surface area contributed by atoms with Crippen molar-refractivity contribution in [3.63, 3.8) is 0 Å². The fourth-order valence-electron chi connectivity index (χ4n) is 13.0. The maximum Gasteiger partial charge on any atom is 0.336 e. The van der Waals surface area contributed by atoms with E-state index in [9.17, 15) is 58.2 Å². The number of aromatic carboxylic acids is 1. The largest absolute Gasteiger partial charge is 0.480 e. The molecule has 2 aliphatic rings. The number of hydrogen-bond acceptors (Lipinski definition) is 23. The maximum atomic E-state index is 15.0. The standard InChI is InChI=1S/C77H124N36O15S/c78-46(14-3-4-28-103-77(129)105-40-24-26-42(45(37-40)68(126)127)58-43-13-1-2-23-55(43)128-56-38-41(114)25-27-44(56)58)59(117)106-48(16-6-30-96-70(81)82)61(119)108-50(18-8-32-98-72(85)86)63(121)110-52(20-10-34-100-74(89)90)65(123)112-54(22-12-36-102-76(93)94)67(125)113-53(21-11-35-101-75(91)92)66(124)111-51(19-9-33-99-73(87)88)64(122)109-49(17-7-31-97-71(83)84)62(120)107-47(15-5-29-95-69(79)80)60(118)104-39-57(115)116/h1-2,13,23-27,37-38,46-54H,3-12,14-22,28-36,39,78H2,(H,104,118)(H,106,117)(H,107,120)(H,108,119)(H,109,122)(H,110,121)(H,111,124)(H,112,123)(H,113,125)(H,115,116)(H,126,127)(H4,79,80,95)(H4,81,82,96)(H4,83,84,97)(H4,85,86,98)(H4,87,88,99)(H4,89,90,100)(H4,91,92,101)(H4,93,94,102)(H2,103,105,129)/t46-,47-,48-,49-,50-,51-,52-,53-,54-/m0/s1. The highest BCUT2D eigenvalue weighted by molar-refractivity contribution is 7.80. The Morgan fingerprint density at radius 3 is 0.969 bits per heavy atom. The predicted molar refractivity (Wildman–Crippen MR) is 487 cm³/mol. The lowest BCUT2D eigenvalue weighted by Crippen LogP contribution is -2.60. The third kappa shape index (κ3) is 41.6. The van der Waals surface area contributed by atoms with Crippen molar-refractivity contribution in [1.82, 2.24) is 95.7 Å². The molecule has 9 atom stereocenters. The van der Waals surface area contributed by atoms with Crippen molar-refractivity contribution in [3.05, 3.63) is 76.5 Å². The number of para-hydroxylation sites is 1. The van der Waals surface area contributed by atoms with Crippen LogP contribution in [0.5, 0.6) is 0 Å². The number of nitrogens with two attached hydrogens (primary N) is 9. The van der Waals surface area contributed by atoms with Crippen molar-refractivity contribution in [3.8, 4) is 22.5 Å². The smallest absolute Gasteiger partial charge is 0.336 e. The van der Waals surface area contributed by atoms with Crippen LogP contribution in [0, 0.1) is 43.3 Å². The number of aliphatic carboxylic acids is 1. The molecule has 51 nitrogen and oxygen atoms in total. The van der Waals surface area contributed by atoms with Crippen molar-refractivity contribution in [2.75, 3.05) is 70.8 Å². The average Bonchev–Trinajstić information content (AvgIpc) is 0.749. The summed E-state index contributed by atoms with van der Waals surface area (Å²) in [6.45, 7) is -0.706. The number of unbranched alkanes of at least 4 members (excludes halogenated alkanes) is 1. The van der Waals surface area contributed by atoms with E-state index in [0.29, 0.717) is 46.2 Å². The Labute approximate surface area is 747 Å². The van der Waals surface area contributed by atoms with Crippen LogP contribution in [-0.2, 0) is 47.9 Å². The average molecular weight is 1830 g/mol. The molecule has 708 valence electrons. The van der Waals surface area contributed by atoms with Gasteiger partial charge in [-0.2, -0.15) is 0 Å². The van der Waals surface area contributed by atoms with Gasteiger partial charge in [0.15, 0.2) is 58.2 Å². The fourth-order valence-corrected chi connectivity index (χ4v) is 13.2. The summed E-state index contributed by atoms with van der Waals surface area (Å²) in [4.78, 5) is 168. The molecule has 1 aliphatic carbocycles. The SMILES string of the molecule is N=C(N)NCCC[C@H](NC(=O)[C@H](CCCNC(=N)N)NC(=O)[C@H](CCCNC(=N)N)NC(=O)[C@H](CCCNC(=N)N)NC(=O)[C@H](CCCNC(=N)N)NC(=O)[C@H](CCCNC(=N)N)NC(=O)[C@H](CCCNC(=N)N)NC(=O)[C@H](CCCNC(=N)N)NC(=O)[C@@H](N)CCCCNC(=S)Nc1ccc(-c2c3ccc(=O)cc-3oc3ccccc23)c(C(=O)O)c1)C(=O)NCC(=O)O. The van der Waals surface area contributed by atoms with Gasteiger partial charge >= 0.3 is 11.9 Å². The molecular formula is C77H124N36O15S. The van der Waals surface area contributed by atoms with Gasteiger partial charge in [-0.3, -0.25) is 96.0 Å². The van der Waals surface area contributed by atoms with Gasteiger partial charge < -0.3 is 167 Å². The molecule has 1 aliphatic heterocycles. The van der Waals surface area contributed by atoms with E-state index < -0.39 is 174 Å². The molecule has 0 unspecified atom stereocenters. The minimum Gasteiger partial charge on any atom is -0.480 e. The number of carbonyl (C=O) groups excluding carboxylic acids is 9. The Bertz CT molecular complexity index is 4610. The maximum absolute atomic E-state index is 15.0. The molecule has 52 heteroatoms. The third-order valence-corrected chi connectivity index (χ3v) is 19.5. The Morgan fingerprint density at radius 2 is 0.651 bits per heavy atom. The Hall–Kier alpha value is -14.9. The summed E-state index contributed by atoms with van der Waals surface area (Å²) in [5.74, 6) is -14.5. The minimum atomic E-state index is -1.63. The quantitative estimate of drug-likeness (QED) is 0.00642. The van der Waals surface area contributed by atoms with E-state index in [1.807, 2.05) is 0 Å². The first-order valence-electron chi connectivity index (χ1n) is 41.4. The molecule has 0 bridgehead atoms. The van der Waals surface area contributed by atoms with Crippen LogP contribution in [0.4, 0.5) is 5.69 Å². The van der Waals surface area contributed by atoms with Gasteiger partial charge in [0.25, 0.3) is 0 Å². The molecule has 4 rings (SSSR count). The van der Waals surface area contributed by atoms with Gasteiger partial charge in [0.1, 0.15) is 66.2 Å². The first-order valence-corrected chi connectivity index (χ1v) is 41.8. The van der Waals surface area contributed by atoms with E-state index in [-0.39, 0.29) is 190 Å². The van der Waals surface area contributed by atoms with E-state index >= 15 is 9.59 Å². The highest BCUT2D eigenvalue weighted by Gasteiger charge is 2.36. The number of benzene rings is 3. The van der Waals surface area contributed by atoms with Gasteiger partial charge in [-0.05, 0) is 170 Å². The number of carboxylic acid groups (broad SMARTS) is 2. The molecule has 129 heavy (non-hydrogen) atoms. The van der Waals surface area contributed by atoms with Crippen LogP contribution in [0.3, 0.4) is 0 Å². The van der Waals surface area contributed by atoms with Crippen LogP contribution in [-0.4, -0.2) is 248 Å². The van der Waals surface area contributed by atoms with Crippen LogP contribution in [0.1, 0.15) is 132 Å². The number of anilines is 1. The van der Waals surface area contributed by atoms with Gasteiger partial charge in [0.2, 0.25) is 53.2 Å². The molecule has 2 aromatic rings. The van der Waals surface area contributed by atoms with E-state index in [4.69, 9.17) is 112 Å². The van der Waals surface area contributed by atoms with Crippen molar-refractivity contribution < 1.29 is 67.4 Å².